The Morgan fingerprint density at radius 3 is 2.73 bits per heavy atom. The third-order valence-electron chi connectivity index (χ3n) is 7.27. The Bertz CT molecular complexity index is 1360. The topological polar surface area (TPSA) is 108 Å². The van der Waals surface area contributed by atoms with Crippen LogP contribution in [0.25, 0.3) is 5.78 Å². The predicted octanol–water partition coefficient (Wildman–Crippen LogP) is 3.30. The number of piperidine rings is 1. The summed E-state index contributed by atoms with van der Waals surface area (Å²) in [5.74, 6) is 3.40. The number of rotatable bonds is 9. The SMILES string of the molecule is C[C@@H](Nc1cc(N2CC(C3CCCN(CCNS(C)(=O)=O)C3)C2)nc2ncnn12)c1ccc(Cl)cc1Cl. The van der Waals surface area contributed by atoms with Gasteiger partial charge in [0.05, 0.1) is 12.3 Å². The van der Waals surface area contributed by atoms with Crippen molar-refractivity contribution in [3.8, 4) is 0 Å². The van der Waals surface area contributed by atoms with Crippen LogP contribution < -0.4 is 14.9 Å². The summed E-state index contributed by atoms with van der Waals surface area (Å²) in [5.41, 5.74) is 0.940. The summed E-state index contributed by atoms with van der Waals surface area (Å²) >= 11 is 12.5. The van der Waals surface area contributed by atoms with Gasteiger partial charge >= 0.3 is 0 Å². The number of likely N-dealkylation sites (tertiary alicyclic amines) is 1. The molecular formula is C24H32Cl2N8O2S. The fourth-order valence-electron chi connectivity index (χ4n) is 5.28. The van der Waals surface area contributed by atoms with Crippen molar-refractivity contribution in [2.24, 2.45) is 11.8 Å². The standard InChI is InChI=1S/C24H32Cl2N8O2S/c1-16(20-6-5-19(25)10-21(20)26)30-23-11-22(31-24-27-15-28-34(23)24)33-13-18(14-33)17-4-3-8-32(12-17)9-7-29-37(2,35)36/h5-6,10-11,15-18,29-30H,3-4,7-9,12-14H2,1-2H3/t16-,17?/m1/s1. The number of aromatic nitrogens is 4. The first-order valence-electron chi connectivity index (χ1n) is 12.5. The Labute approximate surface area is 227 Å². The zero-order valence-electron chi connectivity index (χ0n) is 20.9. The van der Waals surface area contributed by atoms with Gasteiger partial charge < -0.3 is 15.1 Å². The zero-order valence-corrected chi connectivity index (χ0v) is 23.3. The number of nitrogens with zero attached hydrogens (tertiary/aromatic N) is 6. The molecule has 0 amide bonds. The van der Waals surface area contributed by atoms with Crippen LogP contribution in [0.2, 0.25) is 10.0 Å². The van der Waals surface area contributed by atoms with Gasteiger partial charge in [0.1, 0.15) is 18.0 Å². The lowest BCUT2D eigenvalue weighted by molar-refractivity contribution is 0.121. The van der Waals surface area contributed by atoms with E-state index in [1.165, 1.54) is 19.0 Å². The molecule has 10 nitrogen and oxygen atoms in total. The van der Waals surface area contributed by atoms with E-state index in [2.05, 4.69) is 29.9 Å². The Morgan fingerprint density at radius 2 is 1.97 bits per heavy atom. The zero-order chi connectivity index (χ0) is 26.2. The Balaban J connectivity index is 1.23. The summed E-state index contributed by atoms with van der Waals surface area (Å²) in [6, 6.07) is 7.44. The van der Waals surface area contributed by atoms with Gasteiger partial charge in [-0.3, -0.25) is 0 Å². The van der Waals surface area contributed by atoms with Crippen LogP contribution in [0.5, 0.6) is 0 Å². The average Bonchev–Trinajstić information content (AvgIpc) is 3.27. The van der Waals surface area contributed by atoms with Gasteiger partial charge in [0.15, 0.2) is 0 Å². The summed E-state index contributed by atoms with van der Waals surface area (Å²) < 4.78 is 27.0. The molecule has 2 aromatic heterocycles. The second-order valence-electron chi connectivity index (χ2n) is 10.0. The number of nitrogens with one attached hydrogen (secondary N) is 2. The highest BCUT2D eigenvalue weighted by molar-refractivity contribution is 7.88. The van der Waals surface area contributed by atoms with Crippen LogP contribution in [0.4, 0.5) is 11.6 Å². The number of halogens is 2. The first kappa shape index (κ1) is 26.4. The monoisotopic (exact) mass is 566 g/mol. The van der Waals surface area contributed by atoms with Crippen molar-refractivity contribution in [3.63, 3.8) is 0 Å². The second-order valence-corrected chi connectivity index (χ2v) is 12.7. The van der Waals surface area contributed by atoms with E-state index in [1.54, 1.807) is 10.6 Å². The van der Waals surface area contributed by atoms with E-state index in [-0.39, 0.29) is 6.04 Å². The van der Waals surface area contributed by atoms with E-state index in [9.17, 15) is 8.42 Å². The van der Waals surface area contributed by atoms with Crippen LogP contribution >= 0.6 is 23.2 Å². The molecule has 5 rings (SSSR count). The molecule has 2 aliphatic heterocycles. The lowest BCUT2D eigenvalue weighted by Gasteiger charge is -2.47. The van der Waals surface area contributed by atoms with Gasteiger partial charge in [0, 0.05) is 48.8 Å². The molecule has 37 heavy (non-hydrogen) atoms. The number of hydrogen-bond acceptors (Lipinski definition) is 8. The third-order valence-corrected chi connectivity index (χ3v) is 8.56. The highest BCUT2D eigenvalue weighted by Gasteiger charge is 2.36. The van der Waals surface area contributed by atoms with Crippen LogP contribution in [0.15, 0.2) is 30.6 Å². The highest BCUT2D eigenvalue weighted by Crippen LogP contribution is 2.35. The van der Waals surface area contributed by atoms with Gasteiger partial charge in [-0.05, 0) is 55.8 Å². The fourth-order valence-corrected chi connectivity index (χ4v) is 6.32. The van der Waals surface area contributed by atoms with Crippen LogP contribution in [-0.2, 0) is 10.0 Å². The Morgan fingerprint density at radius 1 is 1.16 bits per heavy atom. The third kappa shape index (κ3) is 6.28. The molecule has 200 valence electrons. The summed E-state index contributed by atoms with van der Waals surface area (Å²) in [5, 5.41) is 9.06. The van der Waals surface area contributed by atoms with Gasteiger partial charge in [0.2, 0.25) is 10.0 Å². The molecule has 2 fully saturated rings. The second kappa shape index (κ2) is 10.9. The molecule has 1 aromatic carbocycles. The van der Waals surface area contributed by atoms with Crippen LogP contribution in [0.3, 0.4) is 0 Å². The van der Waals surface area contributed by atoms with E-state index in [0.29, 0.717) is 34.2 Å². The summed E-state index contributed by atoms with van der Waals surface area (Å²) in [7, 11) is -3.15. The van der Waals surface area contributed by atoms with Crippen LogP contribution in [0, 0.1) is 11.8 Å². The minimum atomic E-state index is -3.15. The molecule has 0 aliphatic carbocycles. The maximum absolute atomic E-state index is 11.4. The number of benzene rings is 1. The molecule has 1 unspecified atom stereocenters. The van der Waals surface area contributed by atoms with Gasteiger partial charge in [-0.1, -0.05) is 29.3 Å². The van der Waals surface area contributed by atoms with E-state index in [0.717, 1.165) is 56.3 Å². The van der Waals surface area contributed by atoms with Gasteiger partial charge in [-0.2, -0.15) is 19.6 Å². The fraction of sp³-hybridized carbons (Fsp3) is 0.542. The predicted molar refractivity (Wildman–Crippen MR) is 147 cm³/mol. The van der Waals surface area contributed by atoms with Crippen molar-refractivity contribution in [1.29, 1.82) is 0 Å². The minimum absolute atomic E-state index is 0.0815. The van der Waals surface area contributed by atoms with E-state index in [1.807, 2.05) is 25.1 Å². The van der Waals surface area contributed by atoms with Crippen molar-refractivity contribution < 1.29 is 8.42 Å². The maximum atomic E-state index is 11.4. The molecule has 0 spiro atoms. The lowest BCUT2D eigenvalue weighted by atomic mass is 9.80. The molecule has 0 saturated carbocycles. The van der Waals surface area contributed by atoms with Gasteiger partial charge in [0.25, 0.3) is 5.78 Å². The largest absolute Gasteiger partial charge is 0.363 e. The van der Waals surface area contributed by atoms with Crippen molar-refractivity contribution in [1.82, 2.24) is 29.2 Å². The number of anilines is 2. The summed E-state index contributed by atoms with van der Waals surface area (Å²) in [6.45, 7) is 7.15. The molecule has 13 heteroatoms. The quantitative estimate of drug-likeness (QED) is 0.406. The number of fused-ring (bicyclic) bond motifs is 1. The lowest BCUT2D eigenvalue weighted by Crippen LogP contribution is -2.54. The van der Waals surface area contributed by atoms with E-state index < -0.39 is 10.0 Å². The normalized spacial score (nSPS) is 20.2. The maximum Gasteiger partial charge on any atom is 0.256 e. The minimum Gasteiger partial charge on any atom is -0.363 e. The average molecular weight is 568 g/mol. The van der Waals surface area contributed by atoms with E-state index in [4.69, 9.17) is 28.2 Å². The molecular weight excluding hydrogens is 535 g/mol. The van der Waals surface area contributed by atoms with Gasteiger partial charge in [-0.25, -0.2) is 13.1 Å². The highest BCUT2D eigenvalue weighted by atomic mass is 35.5. The van der Waals surface area contributed by atoms with Crippen LogP contribution in [0.1, 0.15) is 31.4 Å². The van der Waals surface area contributed by atoms with Crippen molar-refractivity contribution in [2.45, 2.75) is 25.8 Å². The number of hydrogen-bond donors (Lipinski definition) is 2. The van der Waals surface area contributed by atoms with Crippen LogP contribution in [-0.4, -0.2) is 78.4 Å². The molecule has 2 N–H and O–H groups in total. The molecule has 3 aromatic rings. The summed E-state index contributed by atoms with van der Waals surface area (Å²) in [6.07, 6.45) is 5.06. The first-order valence-corrected chi connectivity index (χ1v) is 15.2. The van der Waals surface area contributed by atoms with Crippen molar-refractivity contribution in [3.05, 3.63) is 46.2 Å². The smallest absolute Gasteiger partial charge is 0.256 e. The molecule has 4 heterocycles. The Kier molecular flexibility index (Phi) is 7.78. The number of sulfonamides is 1. The van der Waals surface area contributed by atoms with E-state index >= 15 is 0 Å². The first-order chi connectivity index (χ1) is 17.7. The van der Waals surface area contributed by atoms with Crippen molar-refractivity contribution >= 4 is 50.6 Å². The summed E-state index contributed by atoms with van der Waals surface area (Å²) in [4.78, 5) is 13.7. The molecule has 2 atom stereocenters. The molecule has 2 saturated heterocycles. The van der Waals surface area contributed by atoms with Crippen molar-refractivity contribution in [2.75, 3.05) is 55.7 Å². The molecule has 0 bridgehead atoms. The van der Waals surface area contributed by atoms with Gasteiger partial charge in [-0.15, -0.1) is 0 Å². The Hall–Kier alpha value is -2.18. The molecule has 0 radical (unpaired) electrons. The molecule has 2 aliphatic rings.